The molecule has 3 N–H and O–H groups in total. The molecule has 0 saturated carbocycles. The zero-order valence-electron chi connectivity index (χ0n) is 16.8. The predicted molar refractivity (Wildman–Crippen MR) is 111 cm³/mol. The number of imide groups is 1. The molecule has 1 aliphatic rings. The van der Waals surface area contributed by atoms with Gasteiger partial charge >= 0.3 is 0 Å². The minimum atomic E-state index is -0.577. The van der Waals surface area contributed by atoms with Gasteiger partial charge in [0.1, 0.15) is 23.0 Å². The number of carbonyl (C=O) groups excluding carboxylic acids is 3. The van der Waals surface area contributed by atoms with Crippen LogP contribution in [0.4, 0.5) is 0 Å². The smallest absolute Gasteiger partial charge is 0.253 e. The van der Waals surface area contributed by atoms with E-state index in [0.717, 1.165) is 31.7 Å². The molecule has 2 aromatic carbocycles. The van der Waals surface area contributed by atoms with Gasteiger partial charge in [-0.25, -0.2) is 0 Å². The second-order valence-corrected chi connectivity index (χ2v) is 7.13. The molecule has 31 heavy (non-hydrogen) atoms. The van der Waals surface area contributed by atoms with Gasteiger partial charge in [-0.3, -0.25) is 19.3 Å². The number of ether oxygens (including phenoxy) is 1. The van der Waals surface area contributed by atoms with Crippen LogP contribution >= 0.6 is 0 Å². The molecule has 2 amide bonds. The van der Waals surface area contributed by atoms with Crippen molar-refractivity contribution >= 4 is 17.6 Å². The Bertz CT molecular complexity index is 1010. The average molecular weight is 425 g/mol. The van der Waals surface area contributed by atoms with Crippen LogP contribution in [0, 0.1) is 0 Å². The molecule has 162 valence electrons. The van der Waals surface area contributed by atoms with Crippen LogP contribution in [0.3, 0.4) is 0 Å². The Hall–Kier alpha value is -3.81. The second kappa shape index (κ2) is 9.80. The number of benzene rings is 2. The van der Waals surface area contributed by atoms with Gasteiger partial charge in [0.15, 0.2) is 5.78 Å². The topological polar surface area (TPSA) is 124 Å². The lowest BCUT2D eigenvalue weighted by Gasteiger charge is -2.13. The zero-order chi connectivity index (χ0) is 22.4. The van der Waals surface area contributed by atoms with E-state index in [-0.39, 0.29) is 40.2 Å². The molecule has 0 saturated heterocycles. The summed E-state index contributed by atoms with van der Waals surface area (Å²) in [4.78, 5) is 36.6. The third kappa shape index (κ3) is 5.42. The van der Waals surface area contributed by atoms with Gasteiger partial charge in [0.2, 0.25) is 0 Å². The van der Waals surface area contributed by atoms with E-state index in [1.807, 2.05) is 0 Å². The van der Waals surface area contributed by atoms with Gasteiger partial charge in [-0.1, -0.05) is 12.8 Å². The molecule has 0 bridgehead atoms. The van der Waals surface area contributed by atoms with Gasteiger partial charge in [-0.15, -0.1) is 0 Å². The van der Waals surface area contributed by atoms with Crippen LogP contribution in [-0.2, 0) is 9.59 Å². The highest BCUT2D eigenvalue weighted by atomic mass is 16.5. The molecule has 8 heteroatoms. The summed E-state index contributed by atoms with van der Waals surface area (Å²) in [5.41, 5.74) is -0.0243. The van der Waals surface area contributed by atoms with Crippen LogP contribution in [0.1, 0.15) is 41.6 Å². The second-order valence-electron chi connectivity index (χ2n) is 7.13. The molecule has 0 fully saturated rings. The maximum absolute atomic E-state index is 12.5. The van der Waals surface area contributed by atoms with Crippen LogP contribution in [0.5, 0.6) is 23.0 Å². The van der Waals surface area contributed by atoms with E-state index in [9.17, 15) is 29.7 Å². The lowest BCUT2D eigenvalue weighted by atomic mass is 10.0. The molecule has 0 atom stereocenters. The highest BCUT2D eigenvalue weighted by molar-refractivity contribution is 6.13. The van der Waals surface area contributed by atoms with Crippen LogP contribution in [-0.4, -0.2) is 51.0 Å². The van der Waals surface area contributed by atoms with Gasteiger partial charge < -0.3 is 20.1 Å². The van der Waals surface area contributed by atoms with Gasteiger partial charge in [-0.05, 0) is 37.1 Å². The summed E-state index contributed by atoms with van der Waals surface area (Å²) in [7, 11) is 0. The molecule has 0 unspecified atom stereocenters. The number of unbranched alkanes of at least 4 members (excludes halogenated alkanes) is 3. The lowest BCUT2D eigenvalue weighted by Crippen LogP contribution is -2.30. The Labute approximate surface area is 179 Å². The molecule has 1 heterocycles. The average Bonchev–Trinajstić information content (AvgIpc) is 3.04. The standard InChI is InChI=1S/C23H23NO7/c25-15-5-7-17(19(26)13-15)23(30)18-8-6-16(14-20(18)27)31-12-4-2-1-3-11-24-21(28)9-10-22(24)29/h5-10,13-14,25-27H,1-4,11-12H2. The highest BCUT2D eigenvalue weighted by Gasteiger charge is 2.22. The Morgan fingerprint density at radius 3 is 2.06 bits per heavy atom. The van der Waals surface area contributed by atoms with E-state index in [1.54, 1.807) is 6.07 Å². The number of carbonyl (C=O) groups is 3. The molecular weight excluding hydrogens is 402 g/mol. The number of hydrogen-bond acceptors (Lipinski definition) is 7. The summed E-state index contributed by atoms with van der Waals surface area (Å²) < 4.78 is 5.60. The number of aromatic hydroxyl groups is 3. The summed E-state index contributed by atoms with van der Waals surface area (Å²) >= 11 is 0. The van der Waals surface area contributed by atoms with Gasteiger partial charge in [0.25, 0.3) is 11.8 Å². The van der Waals surface area contributed by atoms with Gasteiger partial charge in [0.05, 0.1) is 17.7 Å². The Kier molecular flexibility index (Phi) is 6.92. The summed E-state index contributed by atoms with van der Waals surface area (Å²) in [5.74, 6) is -1.53. The summed E-state index contributed by atoms with van der Waals surface area (Å²) in [6.45, 7) is 0.820. The van der Waals surface area contributed by atoms with Crippen LogP contribution < -0.4 is 4.74 Å². The van der Waals surface area contributed by atoms with Crippen molar-refractivity contribution in [3.63, 3.8) is 0 Å². The first-order valence-electron chi connectivity index (χ1n) is 9.93. The van der Waals surface area contributed by atoms with Crippen molar-refractivity contribution < 1.29 is 34.4 Å². The van der Waals surface area contributed by atoms with Crippen molar-refractivity contribution in [2.24, 2.45) is 0 Å². The molecule has 1 aliphatic heterocycles. The van der Waals surface area contributed by atoms with E-state index in [2.05, 4.69) is 0 Å². The van der Waals surface area contributed by atoms with Crippen LogP contribution in [0.25, 0.3) is 0 Å². The molecule has 0 aromatic heterocycles. The molecule has 0 aliphatic carbocycles. The SMILES string of the molecule is O=C(c1ccc(O)cc1O)c1ccc(OCCCCCCN2C(=O)C=CC2=O)cc1O. The third-order valence-corrected chi connectivity index (χ3v) is 4.89. The Morgan fingerprint density at radius 2 is 1.42 bits per heavy atom. The van der Waals surface area contributed by atoms with E-state index < -0.39 is 5.78 Å². The number of phenolic OH excluding ortho intramolecular Hbond substituents is 3. The predicted octanol–water partition coefficient (Wildman–Crippen LogP) is 2.90. The van der Waals surface area contributed by atoms with Crippen LogP contribution in [0.2, 0.25) is 0 Å². The normalized spacial score (nSPS) is 13.1. The fourth-order valence-electron chi connectivity index (χ4n) is 3.22. The van der Waals surface area contributed by atoms with Crippen molar-refractivity contribution in [1.29, 1.82) is 0 Å². The Morgan fingerprint density at radius 1 is 0.806 bits per heavy atom. The molecule has 3 rings (SSSR count). The fraction of sp³-hybridized carbons (Fsp3) is 0.261. The maximum atomic E-state index is 12.5. The van der Waals surface area contributed by atoms with E-state index in [1.165, 1.54) is 41.3 Å². The minimum Gasteiger partial charge on any atom is -0.508 e. The monoisotopic (exact) mass is 425 g/mol. The van der Waals surface area contributed by atoms with E-state index in [4.69, 9.17) is 4.74 Å². The lowest BCUT2D eigenvalue weighted by molar-refractivity contribution is -0.136. The van der Waals surface area contributed by atoms with Crippen molar-refractivity contribution in [3.05, 3.63) is 59.7 Å². The summed E-state index contributed by atoms with van der Waals surface area (Å²) in [5, 5.41) is 29.4. The maximum Gasteiger partial charge on any atom is 0.253 e. The molecule has 2 aromatic rings. The minimum absolute atomic E-state index is 0.00818. The molecule has 0 spiro atoms. The van der Waals surface area contributed by atoms with E-state index >= 15 is 0 Å². The number of phenols is 3. The van der Waals surface area contributed by atoms with Crippen molar-refractivity contribution in [1.82, 2.24) is 4.90 Å². The van der Waals surface area contributed by atoms with Crippen molar-refractivity contribution in [2.75, 3.05) is 13.2 Å². The largest absolute Gasteiger partial charge is 0.508 e. The molecule has 8 nitrogen and oxygen atoms in total. The first-order chi connectivity index (χ1) is 14.9. The van der Waals surface area contributed by atoms with Crippen molar-refractivity contribution in [3.8, 4) is 23.0 Å². The first-order valence-corrected chi connectivity index (χ1v) is 9.93. The van der Waals surface area contributed by atoms with E-state index in [0.29, 0.717) is 18.9 Å². The summed E-state index contributed by atoms with van der Waals surface area (Å²) in [6.07, 6.45) is 5.72. The number of amides is 2. The third-order valence-electron chi connectivity index (χ3n) is 4.89. The quantitative estimate of drug-likeness (QED) is 0.304. The number of nitrogens with zero attached hydrogens (tertiary/aromatic N) is 1. The van der Waals surface area contributed by atoms with Gasteiger partial charge in [0, 0.05) is 30.8 Å². The Balaban J connectivity index is 1.42. The molecule has 0 radical (unpaired) electrons. The zero-order valence-corrected chi connectivity index (χ0v) is 16.8. The first kappa shape index (κ1) is 21.9. The fourth-order valence-corrected chi connectivity index (χ4v) is 3.22. The number of hydrogen-bond donors (Lipinski definition) is 3. The van der Waals surface area contributed by atoms with Gasteiger partial charge in [-0.2, -0.15) is 0 Å². The highest BCUT2D eigenvalue weighted by Crippen LogP contribution is 2.30. The van der Waals surface area contributed by atoms with Crippen LogP contribution in [0.15, 0.2) is 48.6 Å². The number of ketones is 1. The van der Waals surface area contributed by atoms with Crippen molar-refractivity contribution in [2.45, 2.75) is 25.7 Å². The number of rotatable bonds is 10. The molecular formula is C23H23NO7. The summed E-state index contributed by atoms with van der Waals surface area (Å²) in [6, 6.07) is 7.92.